The second kappa shape index (κ2) is 7.19. The zero-order valence-electron chi connectivity index (χ0n) is 15.1. The third kappa shape index (κ3) is 3.96. The second-order valence-electron chi connectivity index (χ2n) is 7.70. The minimum atomic E-state index is -0.680. The van der Waals surface area contributed by atoms with Gasteiger partial charge >= 0.3 is 0 Å². The largest absolute Gasteiger partial charge is 0.368 e. The summed E-state index contributed by atoms with van der Waals surface area (Å²) < 4.78 is 36.0. The molecule has 26 heavy (non-hydrogen) atoms. The zero-order chi connectivity index (χ0) is 17.7. The van der Waals surface area contributed by atoms with Gasteiger partial charge in [0.05, 0.1) is 13.2 Å². The lowest BCUT2D eigenvalue weighted by Crippen LogP contribution is -2.44. The van der Waals surface area contributed by atoms with Crippen molar-refractivity contribution in [3.05, 3.63) is 35.9 Å². The van der Waals surface area contributed by atoms with E-state index in [1.54, 1.807) is 0 Å². The maximum atomic E-state index is 6.22. The van der Waals surface area contributed by atoms with Crippen LogP contribution in [-0.2, 0) is 35.0 Å². The van der Waals surface area contributed by atoms with Gasteiger partial charge in [-0.3, -0.25) is 0 Å². The van der Waals surface area contributed by atoms with Crippen LogP contribution in [0.3, 0.4) is 0 Å². The molecule has 0 radical (unpaired) electrons. The van der Waals surface area contributed by atoms with E-state index in [1.807, 2.05) is 58.0 Å². The highest BCUT2D eigenvalue weighted by molar-refractivity contribution is 5.13. The summed E-state index contributed by atoms with van der Waals surface area (Å²) in [6, 6.07) is 10.1. The third-order valence-corrected chi connectivity index (χ3v) is 4.71. The molecule has 0 saturated carbocycles. The summed E-state index contributed by atoms with van der Waals surface area (Å²) >= 11 is 0. The van der Waals surface area contributed by atoms with Crippen LogP contribution in [0.1, 0.15) is 40.7 Å². The molecule has 3 fully saturated rings. The summed E-state index contributed by atoms with van der Waals surface area (Å²) in [5.74, 6) is -1.29. The summed E-state index contributed by atoms with van der Waals surface area (Å²) in [6.45, 7) is 8.52. The molecule has 0 aromatic heterocycles. The number of fused-ring (bicyclic) bond motifs is 1. The van der Waals surface area contributed by atoms with E-state index in [4.69, 9.17) is 28.4 Å². The number of rotatable bonds is 4. The van der Waals surface area contributed by atoms with Gasteiger partial charge in [-0.25, -0.2) is 0 Å². The van der Waals surface area contributed by atoms with Gasteiger partial charge in [-0.15, -0.1) is 0 Å². The molecule has 0 bridgehead atoms. The van der Waals surface area contributed by atoms with Crippen molar-refractivity contribution in [2.24, 2.45) is 0 Å². The lowest BCUT2D eigenvalue weighted by Gasteiger charge is -2.29. The highest BCUT2D eigenvalue weighted by Crippen LogP contribution is 2.42. The predicted molar refractivity (Wildman–Crippen MR) is 95.4 cm³/mol. The standard InChI is InChI=1S/C19H26O6.CH4/c1-18(2)21-11-13(23-18)14-15(20-10-12-8-6-5-7-9-12)16-17(22-14)25-19(3,4)24-16;/h5-9,13-17H,10-11H2,1-4H3;1H4/t13?,14-,15-,16?,17-;/m1./s1. The van der Waals surface area contributed by atoms with Gasteiger partial charge in [-0.1, -0.05) is 37.8 Å². The molecule has 0 aliphatic carbocycles. The summed E-state index contributed by atoms with van der Waals surface area (Å²) in [7, 11) is 0. The fourth-order valence-corrected chi connectivity index (χ4v) is 3.64. The van der Waals surface area contributed by atoms with Crippen LogP contribution in [0.5, 0.6) is 0 Å². The summed E-state index contributed by atoms with van der Waals surface area (Å²) in [4.78, 5) is 0. The van der Waals surface area contributed by atoms with Crippen LogP contribution in [0.2, 0.25) is 0 Å². The first kappa shape index (κ1) is 19.7. The first-order valence-corrected chi connectivity index (χ1v) is 8.81. The van der Waals surface area contributed by atoms with Crippen LogP contribution < -0.4 is 0 Å². The van der Waals surface area contributed by atoms with Crippen LogP contribution in [0.15, 0.2) is 30.3 Å². The quantitative estimate of drug-likeness (QED) is 0.815. The molecule has 4 rings (SSSR count). The van der Waals surface area contributed by atoms with E-state index in [0.29, 0.717) is 13.2 Å². The smallest absolute Gasteiger partial charge is 0.190 e. The van der Waals surface area contributed by atoms with E-state index in [1.165, 1.54) is 0 Å². The molecule has 0 N–H and O–H groups in total. The second-order valence-corrected chi connectivity index (χ2v) is 7.70. The minimum Gasteiger partial charge on any atom is -0.368 e. The van der Waals surface area contributed by atoms with E-state index in [-0.39, 0.29) is 31.8 Å². The van der Waals surface area contributed by atoms with Crippen molar-refractivity contribution in [1.82, 2.24) is 0 Å². The summed E-state index contributed by atoms with van der Waals surface area (Å²) in [6.07, 6.45) is -1.52. The Kier molecular flexibility index (Phi) is 5.45. The Bertz CT molecular complexity index is 602. The molecule has 3 aliphatic heterocycles. The van der Waals surface area contributed by atoms with Gasteiger partial charge in [-0.2, -0.15) is 0 Å². The van der Waals surface area contributed by atoms with Crippen LogP contribution in [0.4, 0.5) is 0 Å². The lowest BCUT2D eigenvalue weighted by atomic mass is 10.1. The third-order valence-electron chi connectivity index (χ3n) is 4.71. The Morgan fingerprint density at radius 2 is 1.69 bits per heavy atom. The van der Waals surface area contributed by atoms with Crippen molar-refractivity contribution >= 4 is 0 Å². The normalized spacial score (nSPS) is 37.3. The Morgan fingerprint density at radius 1 is 0.962 bits per heavy atom. The van der Waals surface area contributed by atoms with Crippen LogP contribution >= 0.6 is 0 Å². The van der Waals surface area contributed by atoms with Crippen molar-refractivity contribution in [2.45, 2.75) is 84.0 Å². The first-order valence-electron chi connectivity index (χ1n) is 8.81. The SMILES string of the molecule is C.CC1(C)OCC([C@H]2O[C@@H]3OC(C)(C)OC3[C@@H]2OCc2ccccc2)O1. The van der Waals surface area contributed by atoms with Gasteiger partial charge in [0, 0.05) is 0 Å². The van der Waals surface area contributed by atoms with E-state index < -0.39 is 17.9 Å². The monoisotopic (exact) mass is 366 g/mol. The van der Waals surface area contributed by atoms with Gasteiger partial charge in [-0.05, 0) is 33.3 Å². The predicted octanol–water partition coefficient (Wildman–Crippen LogP) is 3.24. The summed E-state index contributed by atoms with van der Waals surface area (Å²) in [5.41, 5.74) is 1.10. The Morgan fingerprint density at radius 3 is 2.35 bits per heavy atom. The molecule has 1 aromatic carbocycles. The molecule has 3 heterocycles. The average Bonchev–Trinajstić information content (AvgIpc) is 3.15. The highest BCUT2D eigenvalue weighted by Gasteiger charge is 2.58. The number of benzene rings is 1. The molecular weight excluding hydrogens is 336 g/mol. The van der Waals surface area contributed by atoms with Crippen molar-refractivity contribution < 1.29 is 28.4 Å². The average molecular weight is 366 g/mol. The molecule has 6 heteroatoms. The topological polar surface area (TPSA) is 55.4 Å². The van der Waals surface area contributed by atoms with Crippen LogP contribution in [-0.4, -0.2) is 48.9 Å². The zero-order valence-corrected chi connectivity index (χ0v) is 15.1. The molecule has 146 valence electrons. The highest BCUT2D eigenvalue weighted by atomic mass is 16.8. The molecule has 0 amide bonds. The van der Waals surface area contributed by atoms with E-state index in [9.17, 15) is 0 Å². The number of ether oxygens (including phenoxy) is 6. The molecule has 5 atom stereocenters. The molecule has 3 saturated heterocycles. The first-order chi connectivity index (χ1) is 11.8. The molecule has 2 unspecified atom stereocenters. The minimum absolute atomic E-state index is 0. The Hall–Kier alpha value is -1.02. The van der Waals surface area contributed by atoms with Gasteiger partial charge < -0.3 is 28.4 Å². The maximum absolute atomic E-state index is 6.22. The van der Waals surface area contributed by atoms with Crippen molar-refractivity contribution in [1.29, 1.82) is 0 Å². The fraction of sp³-hybridized carbons (Fsp3) is 0.700. The van der Waals surface area contributed by atoms with Gasteiger partial charge in [0.15, 0.2) is 17.9 Å². The van der Waals surface area contributed by atoms with E-state index in [2.05, 4.69) is 0 Å². The summed E-state index contributed by atoms with van der Waals surface area (Å²) in [5, 5.41) is 0. The van der Waals surface area contributed by atoms with Crippen LogP contribution in [0.25, 0.3) is 0 Å². The van der Waals surface area contributed by atoms with Crippen molar-refractivity contribution in [2.75, 3.05) is 6.61 Å². The Balaban J connectivity index is 0.00000196. The van der Waals surface area contributed by atoms with Crippen molar-refractivity contribution in [3.63, 3.8) is 0 Å². The van der Waals surface area contributed by atoms with E-state index >= 15 is 0 Å². The fourth-order valence-electron chi connectivity index (χ4n) is 3.64. The van der Waals surface area contributed by atoms with Gasteiger partial charge in [0.2, 0.25) is 0 Å². The molecule has 6 nitrogen and oxygen atoms in total. The van der Waals surface area contributed by atoms with Crippen LogP contribution in [0, 0.1) is 0 Å². The maximum Gasteiger partial charge on any atom is 0.190 e. The van der Waals surface area contributed by atoms with Gasteiger partial charge in [0.1, 0.15) is 24.4 Å². The molecule has 0 spiro atoms. The Labute approximate surface area is 155 Å². The lowest BCUT2D eigenvalue weighted by molar-refractivity contribution is -0.236. The van der Waals surface area contributed by atoms with Crippen molar-refractivity contribution in [3.8, 4) is 0 Å². The number of hydrogen-bond acceptors (Lipinski definition) is 6. The molecule has 1 aromatic rings. The number of hydrogen-bond donors (Lipinski definition) is 0. The van der Waals surface area contributed by atoms with E-state index in [0.717, 1.165) is 5.56 Å². The van der Waals surface area contributed by atoms with Gasteiger partial charge in [0.25, 0.3) is 0 Å². The molecule has 3 aliphatic rings. The molecular formula is C20H30O6.